The highest BCUT2D eigenvalue weighted by atomic mass is 16.5. The summed E-state index contributed by atoms with van der Waals surface area (Å²) in [7, 11) is 0. The fourth-order valence-electron chi connectivity index (χ4n) is 1.73. The Morgan fingerprint density at radius 2 is 1.79 bits per heavy atom. The first-order valence-corrected chi connectivity index (χ1v) is 6.22. The third-order valence-electron chi connectivity index (χ3n) is 2.49. The van der Waals surface area contributed by atoms with E-state index >= 15 is 0 Å². The zero-order chi connectivity index (χ0) is 13.7. The van der Waals surface area contributed by atoms with E-state index in [0.29, 0.717) is 30.5 Å². The van der Waals surface area contributed by atoms with E-state index < -0.39 is 0 Å². The van der Waals surface area contributed by atoms with Crippen molar-refractivity contribution in [1.29, 1.82) is 0 Å². The van der Waals surface area contributed by atoms with Gasteiger partial charge in [0.05, 0.1) is 31.3 Å². The van der Waals surface area contributed by atoms with Gasteiger partial charge in [-0.15, -0.1) is 0 Å². The van der Waals surface area contributed by atoms with Gasteiger partial charge in [-0.2, -0.15) is 0 Å². The second-order valence-electron chi connectivity index (χ2n) is 3.86. The van der Waals surface area contributed by atoms with Gasteiger partial charge in [0, 0.05) is 5.56 Å². The molecular weight excluding hydrogens is 242 g/mol. The highest BCUT2D eigenvalue weighted by molar-refractivity contribution is 5.64. The maximum Gasteiger partial charge on any atom is 0.161 e. The lowest BCUT2D eigenvalue weighted by atomic mass is 10.1. The maximum absolute atomic E-state index is 5.64. The molecule has 0 amide bonds. The molecule has 0 unspecified atom stereocenters. The number of benzene rings is 1. The minimum absolute atomic E-state index is 0.393. The molecule has 2 N–H and O–H groups in total. The molecular formula is C14H17N3O2. The number of aromatic nitrogens is 2. The van der Waals surface area contributed by atoms with Gasteiger partial charge in [-0.05, 0) is 32.0 Å². The van der Waals surface area contributed by atoms with Crippen LogP contribution in [0.5, 0.6) is 11.5 Å². The van der Waals surface area contributed by atoms with Crippen LogP contribution in [-0.2, 0) is 0 Å². The monoisotopic (exact) mass is 259 g/mol. The van der Waals surface area contributed by atoms with Crippen LogP contribution in [0, 0.1) is 0 Å². The normalized spacial score (nSPS) is 10.2. The molecule has 0 saturated carbocycles. The zero-order valence-corrected chi connectivity index (χ0v) is 11.1. The lowest BCUT2D eigenvalue weighted by Crippen LogP contribution is -1.99. The summed E-state index contributed by atoms with van der Waals surface area (Å²) in [5.74, 6) is 1.82. The van der Waals surface area contributed by atoms with E-state index in [1.807, 2.05) is 32.0 Å². The average molecular weight is 259 g/mol. The quantitative estimate of drug-likeness (QED) is 0.893. The van der Waals surface area contributed by atoms with Crippen LogP contribution in [0.2, 0.25) is 0 Å². The van der Waals surface area contributed by atoms with Crippen molar-refractivity contribution < 1.29 is 9.47 Å². The molecule has 1 heterocycles. The Kier molecular flexibility index (Phi) is 4.18. The Labute approximate surface area is 112 Å². The van der Waals surface area contributed by atoms with Crippen LogP contribution in [0.25, 0.3) is 11.3 Å². The van der Waals surface area contributed by atoms with Crippen LogP contribution in [0.1, 0.15) is 13.8 Å². The lowest BCUT2D eigenvalue weighted by Gasteiger charge is -2.12. The number of nitrogens with two attached hydrogens (primary N) is 1. The number of nitrogens with zero attached hydrogens (tertiary/aromatic N) is 2. The minimum atomic E-state index is 0.393. The molecule has 0 fully saturated rings. The largest absolute Gasteiger partial charge is 0.490 e. The van der Waals surface area contributed by atoms with Crippen molar-refractivity contribution in [3.05, 3.63) is 30.6 Å². The van der Waals surface area contributed by atoms with Gasteiger partial charge in [-0.3, -0.25) is 4.98 Å². The van der Waals surface area contributed by atoms with E-state index in [-0.39, 0.29) is 0 Å². The van der Waals surface area contributed by atoms with Gasteiger partial charge < -0.3 is 15.2 Å². The van der Waals surface area contributed by atoms with Gasteiger partial charge in [0.1, 0.15) is 5.82 Å². The SMILES string of the molecule is CCOc1ccc(-c2cncc(N)n2)cc1OCC. The molecule has 2 rings (SSSR count). The average Bonchev–Trinajstić information content (AvgIpc) is 2.41. The van der Waals surface area contributed by atoms with Crippen LogP contribution in [0.4, 0.5) is 5.82 Å². The van der Waals surface area contributed by atoms with Crippen LogP contribution in [0.3, 0.4) is 0 Å². The van der Waals surface area contributed by atoms with Crippen molar-refractivity contribution in [2.45, 2.75) is 13.8 Å². The van der Waals surface area contributed by atoms with Gasteiger partial charge >= 0.3 is 0 Å². The van der Waals surface area contributed by atoms with E-state index in [1.54, 1.807) is 6.20 Å². The molecule has 0 aliphatic carbocycles. The molecule has 2 aromatic rings. The molecule has 5 nitrogen and oxygen atoms in total. The van der Waals surface area contributed by atoms with Crippen molar-refractivity contribution in [2.75, 3.05) is 18.9 Å². The Hall–Kier alpha value is -2.30. The van der Waals surface area contributed by atoms with E-state index in [2.05, 4.69) is 9.97 Å². The molecule has 0 spiro atoms. The number of ether oxygens (including phenoxy) is 2. The Morgan fingerprint density at radius 3 is 2.47 bits per heavy atom. The van der Waals surface area contributed by atoms with E-state index in [4.69, 9.17) is 15.2 Å². The highest BCUT2D eigenvalue weighted by Gasteiger charge is 2.08. The second-order valence-corrected chi connectivity index (χ2v) is 3.86. The minimum Gasteiger partial charge on any atom is -0.490 e. The van der Waals surface area contributed by atoms with Gasteiger partial charge in [-0.25, -0.2) is 4.98 Å². The molecule has 0 saturated heterocycles. The lowest BCUT2D eigenvalue weighted by molar-refractivity contribution is 0.288. The van der Waals surface area contributed by atoms with Crippen molar-refractivity contribution in [3.8, 4) is 22.8 Å². The molecule has 0 atom stereocenters. The summed E-state index contributed by atoms with van der Waals surface area (Å²) in [4.78, 5) is 8.27. The van der Waals surface area contributed by atoms with Gasteiger partial charge in [0.15, 0.2) is 11.5 Å². The number of hydrogen-bond donors (Lipinski definition) is 1. The van der Waals surface area contributed by atoms with E-state index in [9.17, 15) is 0 Å². The summed E-state index contributed by atoms with van der Waals surface area (Å²) in [6.45, 7) is 5.04. The number of hydrogen-bond acceptors (Lipinski definition) is 5. The predicted molar refractivity (Wildman–Crippen MR) is 74.2 cm³/mol. The molecule has 1 aromatic heterocycles. The van der Waals surface area contributed by atoms with Gasteiger partial charge in [-0.1, -0.05) is 0 Å². The Balaban J connectivity index is 2.39. The van der Waals surface area contributed by atoms with Crippen molar-refractivity contribution >= 4 is 5.82 Å². The number of nitrogen functional groups attached to an aromatic ring is 1. The van der Waals surface area contributed by atoms with Crippen molar-refractivity contribution in [1.82, 2.24) is 9.97 Å². The van der Waals surface area contributed by atoms with E-state index in [1.165, 1.54) is 6.20 Å². The first kappa shape index (κ1) is 13.1. The molecule has 0 aliphatic heterocycles. The van der Waals surface area contributed by atoms with E-state index in [0.717, 1.165) is 11.3 Å². The van der Waals surface area contributed by atoms with Crippen LogP contribution >= 0.6 is 0 Å². The summed E-state index contributed by atoms with van der Waals surface area (Å²) in [5.41, 5.74) is 7.25. The smallest absolute Gasteiger partial charge is 0.161 e. The number of anilines is 1. The van der Waals surface area contributed by atoms with Crippen LogP contribution in [-0.4, -0.2) is 23.2 Å². The maximum atomic E-state index is 5.64. The molecule has 1 aromatic carbocycles. The summed E-state index contributed by atoms with van der Waals surface area (Å²) in [5, 5.41) is 0. The zero-order valence-electron chi connectivity index (χ0n) is 11.1. The predicted octanol–water partition coefficient (Wildman–Crippen LogP) is 2.52. The highest BCUT2D eigenvalue weighted by Crippen LogP contribution is 2.32. The topological polar surface area (TPSA) is 70.3 Å². The third kappa shape index (κ3) is 3.13. The van der Waals surface area contributed by atoms with Crippen molar-refractivity contribution in [2.24, 2.45) is 0 Å². The first-order chi connectivity index (χ1) is 9.24. The summed E-state index contributed by atoms with van der Waals surface area (Å²) >= 11 is 0. The standard InChI is InChI=1S/C14H17N3O2/c1-3-18-12-6-5-10(7-13(12)19-4-2)11-8-16-9-14(15)17-11/h5-9H,3-4H2,1-2H3,(H2,15,17). The summed E-state index contributed by atoms with van der Waals surface area (Å²) in [6, 6.07) is 5.67. The molecule has 0 aliphatic rings. The molecule has 19 heavy (non-hydrogen) atoms. The van der Waals surface area contributed by atoms with Gasteiger partial charge in [0.25, 0.3) is 0 Å². The summed E-state index contributed by atoms with van der Waals surface area (Å²) < 4.78 is 11.1. The second kappa shape index (κ2) is 6.04. The summed E-state index contributed by atoms with van der Waals surface area (Å²) in [6.07, 6.45) is 3.18. The van der Waals surface area contributed by atoms with Crippen LogP contribution in [0.15, 0.2) is 30.6 Å². The molecule has 5 heteroatoms. The third-order valence-corrected chi connectivity index (χ3v) is 2.49. The number of rotatable bonds is 5. The van der Waals surface area contributed by atoms with Gasteiger partial charge in [0.2, 0.25) is 0 Å². The fraction of sp³-hybridized carbons (Fsp3) is 0.286. The van der Waals surface area contributed by atoms with Crippen molar-refractivity contribution in [3.63, 3.8) is 0 Å². The Morgan fingerprint density at radius 1 is 1.05 bits per heavy atom. The molecule has 0 bridgehead atoms. The first-order valence-electron chi connectivity index (χ1n) is 6.22. The van der Waals surface area contributed by atoms with Crippen LogP contribution < -0.4 is 15.2 Å². The Bertz CT molecular complexity index is 558. The molecule has 0 radical (unpaired) electrons. The fourth-order valence-corrected chi connectivity index (χ4v) is 1.73. The molecule has 100 valence electrons.